The Morgan fingerprint density at radius 1 is 1.47 bits per heavy atom. The highest BCUT2D eigenvalue weighted by atomic mass is 16.4. The first-order valence-corrected chi connectivity index (χ1v) is 4.86. The van der Waals surface area contributed by atoms with Gasteiger partial charge >= 0.3 is 0 Å². The molecule has 4 N–H and O–H groups in total. The molecule has 1 rings (SSSR count). The number of hydrogen-bond donors (Lipinski definition) is 4. The molecule has 0 aromatic rings. The van der Waals surface area contributed by atoms with Gasteiger partial charge in [-0.1, -0.05) is 0 Å². The zero-order chi connectivity index (χ0) is 11.7. The largest absolute Gasteiger partial charge is 0.481 e. The first kappa shape index (κ1) is 13.9. The van der Waals surface area contributed by atoms with E-state index >= 15 is 0 Å². The van der Waals surface area contributed by atoms with E-state index in [0.29, 0.717) is 18.9 Å². The van der Waals surface area contributed by atoms with Gasteiger partial charge in [0.05, 0.1) is 6.04 Å². The third kappa shape index (κ3) is 9.17. The molecule has 88 valence electrons. The van der Waals surface area contributed by atoms with Crippen molar-refractivity contribution in [3.05, 3.63) is 0 Å². The van der Waals surface area contributed by atoms with E-state index < -0.39 is 5.97 Å². The minimum atomic E-state index is -0.833. The third-order valence-corrected chi connectivity index (χ3v) is 1.71. The molecular formula is C9H18N2O4. The Labute approximate surface area is 88.7 Å². The van der Waals surface area contributed by atoms with Crippen LogP contribution in [0.5, 0.6) is 0 Å². The number of carbonyl (C=O) groups is 2. The van der Waals surface area contributed by atoms with E-state index in [1.807, 2.05) is 0 Å². The monoisotopic (exact) mass is 218 g/mol. The first-order chi connectivity index (χ1) is 7.06. The van der Waals surface area contributed by atoms with E-state index in [2.05, 4.69) is 10.6 Å². The Morgan fingerprint density at radius 3 is 2.33 bits per heavy atom. The standard InChI is InChI=1S/C7H14N2O2.C2H4O2/c10-3-1-2-7(11)9-6-4-8-5-6;1-2(3)4/h6,8,10H,1-5H2,(H,9,11);1H3,(H,3,4). The molecule has 1 saturated heterocycles. The van der Waals surface area contributed by atoms with Gasteiger partial charge in [0.25, 0.3) is 5.97 Å². The zero-order valence-electron chi connectivity index (χ0n) is 8.82. The summed E-state index contributed by atoms with van der Waals surface area (Å²) in [5.41, 5.74) is 0. The lowest BCUT2D eigenvalue weighted by molar-refractivity contribution is -0.134. The highest BCUT2D eigenvalue weighted by molar-refractivity contribution is 5.76. The maximum Gasteiger partial charge on any atom is 0.300 e. The third-order valence-electron chi connectivity index (χ3n) is 1.71. The minimum Gasteiger partial charge on any atom is -0.481 e. The molecule has 0 unspecified atom stereocenters. The molecular weight excluding hydrogens is 200 g/mol. The van der Waals surface area contributed by atoms with E-state index in [-0.39, 0.29) is 12.5 Å². The van der Waals surface area contributed by atoms with Gasteiger partial charge in [0.15, 0.2) is 0 Å². The maximum absolute atomic E-state index is 11.0. The average Bonchev–Trinajstić information content (AvgIpc) is 2.07. The number of aliphatic hydroxyl groups is 1. The molecule has 1 aliphatic heterocycles. The van der Waals surface area contributed by atoms with Gasteiger partial charge in [0.2, 0.25) is 5.91 Å². The van der Waals surface area contributed by atoms with Gasteiger partial charge in [-0.15, -0.1) is 0 Å². The number of hydrogen-bond acceptors (Lipinski definition) is 4. The molecule has 6 heteroatoms. The quantitative estimate of drug-likeness (QED) is 0.482. The predicted molar refractivity (Wildman–Crippen MR) is 54.4 cm³/mol. The smallest absolute Gasteiger partial charge is 0.300 e. The fraction of sp³-hybridized carbons (Fsp3) is 0.778. The average molecular weight is 218 g/mol. The lowest BCUT2D eigenvalue weighted by atomic mass is 10.2. The molecule has 0 bridgehead atoms. The fourth-order valence-electron chi connectivity index (χ4n) is 0.930. The van der Waals surface area contributed by atoms with Crippen molar-refractivity contribution >= 4 is 11.9 Å². The lowest BCUT2D eigenvalue weighted by Gasteiger charge is -2.27. The van der Waals surface area contributed by atoms with Crippen molar-refractivity contribution in [2.45, 2.75) is 25.8 Å². The summed E-state index contributed by atoms with van der Waals surface area (Å²) in [5, 5.41) is 21.7. The second-order valence-corrected chi connectivity index (χ2v) is 3.27. The summed E-state index contributed by atoms with van der Waals surface area (Å²) in [6, 6.07) is 0.321. The van der Waals surface area contributed by atoms with E-state index in [4.69, 9.17) is 15.0 Å². The van der Waals surface area contributed by atoms with Crippen molar-refractivity contribution in [3.8, 4) is 0 Å². The molecule has 0 saturated carbocycles. The van der Waals surface area contributed by atoms with E-state index in [1.54, 1.807) is 0 Å². The Morgan fingerprint density at radius 2 is 2.00 bits per heavy atom. The summed E-state index contributed by atoms with van der Waals surface area (Å²) in [7, 11) is 0. The van der Waals surface area contributed by atoms with Gasteiger partial charge in [-0.3, -0.25) is 9.59 Å². The number of amides is 1. The Kier molecular flexibility index (Phi) is 7.57. The van der Waals surface area contributed by atoms with Crippen molar-refractivity contribution in [2.75, 3.05) is 19.7 Å². The Balaban J connectivity index is 0.000000423. The number of nitrogens with one attached hydrogen (secondary N) is 2. The van der Waals surface area contributed by atoms with Crippen LogP contribution < -0.4 is 10.6 Å². The molecule has 1 fully saturated rings. The minimum absolute atomic E-state index is 0.0468. The van der Waals surface area contributed by atoms with Crippen LogP contribution in [0, 0.1) is 0 Å². The highest BCUT2D eigenvalue weighted by Crippen LogP contribution is 1.93. The number of carbonyl (C=O) groups excluding carboxylic acids is 1. The topological polar surface area (TPSA) is 98.7 Å². The molecule has 0 aromatic heterocycles. The van der Waals surface area contributed by atoms with Crippen molar-refractivity contribution in [2.24, 2.45) is 0 Å². The Hall–Kier alpha value is -1.14. The van der Waals surface area contributed by atoms with Gasteiger partial charge in [-0.25, -0.2) is 0 Å². The van der Waals surface area contributed by atoms with Crippen LogP contribution in [-0.2, 0) is 9.59 Å². The molecule has 1 aliphatic rings. The molecule has 0 spiro atoms. The van der Waals surface area contributed by atoms with E-state index in [9.17, 15) is 4.79 Å². The van der Waals surface area contributed by atoms with Crippen LogP contribution in [0.2, 0.25) is 0 Å². The van der Waals surface area contributed by atoms with Crippen LogP contribution in [0.1, 0.15) is 19.8 Å². The second kappa shape index (κ2) is 8.19. The van der Waals surface area contributed by atoms with Crippen LogP contribution in [-0.4, -0.2) is 47.8 Å². The van der Waals surface area contributed by atoms with Gasteiger partial charge in [-0.2, -0.15) is 0 Å². The van der Waals surface area contributed by atoms with Crippen molar-refractivity contribution in [1.82, 2.24) is 10.6 Å². The van der Waals surface area contributed by atoms with Crippen LogP contribution >= 0.6 is 0 Å². The van der Waals surface area contributed by atoms with Gasteiger partial charge < -0.3 is 20.8 Å². The molecule has 1 amide bonds. The number of carboxylic acids is 1. The van der Waals surface area contributed by atoms with Gasteiger partial charge in [-0.05, 0) is 6.42 Å². The van der Waals surface area contributed by atoms with Crippen LogP contribution in [0.4, 0.5) is 0 Å². The summed E-state index contributed by atoms with van der Waals surface area (Å²) in [5.74, 6) is -0.787. The summed E-state index contributed by atoms with van der Waals surface area (Å²) < 4.78 is 0. The SMILES string of the molecule is CC(=O)O.O=C(CCCO)NC1CNC1. The number of carboxylic acid groups (broad SMARTS) is 1. The van der Waals surface area contributed by atoms with E-state index in [1.165, 1.54) is 0 Å². The Bertz CT molecular complexity index is 200. The molecule has 0 radical (unpaired) electrons. The predicted octanol–water partition coefficient (Wildman–Crippen LogP) is -1.06. The molecule has 0 aromatic carbocycles. The maximum atomic E-state index is 11.0. The first-order valence-electron chi connectivity index (χ1n) is 4.86. The summed E-state index contributed by atoms with van der Waals surface area (Å²) >= 11 is 0. The molecule has 1 heterocycles. The number of aliphatic hydroxyl groups excluding tert-OH is 1. The highest BCUT2D eigenvalue weighted by Gasteiger charge is 2.17. The molecule has 0 aliphatic carbocycles. The van der Waals surface area contributed by atoms with Crippen molar-refractivity contribution < 1.29 is 19.8 Å². The van der Waals surface area contributed by atoms with E-state index in [0.717, 1.165) is 20.0 Å². The summed E-state index contributed by atoms with van der Waals surface area (Å²) in [4.78, 5) is 20.0. The van der Waals surface area contributed by atoms with Crippen LogP contribution in [0.25, 0.3) is 0 Å². The van der Waals surface area contributed by atoms with Crippen LogP contribution in [0.3, 0.4) is 0 Å². The molecule has 6 nitrogen and oxygen atoms in total. The second-order valence-electron chi connectivity index (χ2n) is 3.27. The number of aliphatic carboxylic acids is 1. The summed E-state index contributed by atoms with van der Waals surface area (Å²) in [6.45, 7) is 2.94. The number of rotatable bonds is 4. The van der Waals surface area contributed by atoms with Gasteiger partial charge in [0, 0.05) is 33.0 Å². The summed E-state index contributed by atoms with van der Waals surface area (Å²) in [6.07, 6.45) is 0.999. The van der Waals surface area contributed by atoms with Crippen molar-refractivity contribution in [1.29, 1.82) is 0 Å². The normalized spacial score (nSPS) is 14.5. The van der Waals surface area contributed by atoms with Gasteiger partial charge in [0.1, 0.15) is 0 Å². The molecule has 0 atom stereocenters. The van der Waals surface area contributed by atoms with Crippen molar-refractivity contribution in [3.63, 3.8) is 0 Å². The lowest BCUT2D eigenvalue weighted by Crippen LogP contribution is -2.56. The fourth-order valence-corrected chi connectivity index (χ4v) is 0.930. The zero-order valence-corrected chi connectivity index (χ0v) is 8.82. The van der Waals surface area contributed by atoms with Crippen LogP contribution in [0.15, 0.2) is 0 Å². The molecule has 15 heavy (non-hydrogen) atoms.